The molecule has 1 atom stereocenters. The number of aryl methyl sites for hydroxylation is 1. The SMILES string of the molecule is CCCC1(C(=O)c2c(F)ccc(C)c2F)CCCN1. The van der Waals surface area contributed by atoms with Crippen LogP contribution in [0.4, 0.5) is 8.78 Å². The van der Waals surface area contributed by atoms with E-state index in [0.717, 1.165) is 19.4 Å². The lowest BCUT2D eigenvalue weighted by Crippen LogP contribution is -2.48. The second-order valence-electron chi connectivity index (χ2n) is 5.24. The van der Waals surface area contributed by atoms with Gasteiger partial charge >= 0.3 is 0 Å². The third-order valence-electron chi connectivity index (χ3n) is 3.87. The largest absolute Gasteiger partial charge is 0.305 e. The van der Waals surface area contributed by atoms with Crippen LogP contribution in [-0.4, -0.2) is 17.9 Å². The Morgan fingerprint density at radius 2 is 2.16 bits per heavy atom. The van der Waals surface area contributed by atoms with Gasteiger partial charge in [-0.15, -0.1) is 0 Å². The summed E-state index contributed by atoms with van der Waals surface area (Å²) >= 11 is 0. The Kier molecular flexibility index (Phi) is 3.99. The Hall–Kier alpha value is -1.29. The summed E-state index contributed by atoms with van der Waals surface area (Å²) in [5.41, 5.74) is -0.873. The minimum Gasteiger partial charge on any atom is -0.305 e. The average Bonchev–Trinajstić information content (AvgIpc) is 2.84. The monoisotopic (exact) mass is 267 g/mol. The number of hydrogen-bond acceptors (Lipinski definition) is 2. The summed E-state index contributed by atoms with van der Waals surface area (Å²) in [5.74, 6) is -1.93. The van der Waals surface area contributed by atoms with Gasteiger partial charge in [0.1, 0.15) is 11.6 Å². The maximum absolute atomic E-state index is 14.1. The minimum absolute atomic E-state index is 0.300. The van der Waals surface area contributed by atoms with E-state index < -0.39 is 23.0 Å². The van der Waals surface area contributed by atoms with Gasteiger partial charge in [0, 0.05) is 0 Å². The van der Waals surface area contributed by atoms with E-state index in [0.29, 0.717) is 18.4 Å². The predicted molar refractivity (Wildman–Crippen MR) is 70.3 cm³/mol. The fourth-order valence-electron chi connectivity index (χ4n) is 2.86. The van der Waals surface area contributed by atoms with Crippen molar-refractivity contribution in [3.63, 3.8) is 0 Å². The fraction of sp³-hybridized carbons (Fsp3) is 0.533. The average molecular weight is 267 g/mol. The number of carbonyl (C=O) groups excluding carboxylic acids is 1. The molecular weight excluding hydrogens is 248 g/mol. The Labute approximate surface area is 112 Å². The van der Waals surface area contributed by atoms with Crippen molar-refractivity contribution in [2.75, 3.05) is 6.54 Å². The second kappa shape index (κ2) is 5.37. The zero-order valence-electron chi connectivity index (χ0n) is 11.4. The lowest BCUT2D eigenvalue weighted by Gasteiger charge is -2.28. The molecule has 1 heterocycles. The molecule has 104 valence electrons. The summed E-state index contributed by atoms with van der Waals surface area (Å²) in [5, 5.41) is 3.16. The predicted octanol–water partition coefficient (Wildman–Crippen LogP) is 3.38. The zero-order chi connectivity index (χ0) is 14.0. The Balaban J connectivity index is 2.46. The summed E-state index contributed by atoms with van der Waals surface area (Å²) in [7, 11) is 0. The van der Waals surface area contributed by atoms with Gasteiger partial charge in [-0.05, 0) is 44.4 Å². The summed E-state index contributed by atoms with van der Waals surface area (Å²) in [4.78, 5) is 12.6. The number of ketones is 1. The van der Waals surface area contributed by atoms with Crippen LogP contribution in [0.1, 0.15) is 48.5 Å². The van der Waals surface area contributed by atoms with Crippen LogP contribution in [0.15, 0.2) is 12.1 Å². The molecule has 1 aliphatic rings. The van der Waals surface area contributed by atoms with Gasteiger partial charge in [-0.2, -0.15) is 0 Å². The molecule has 1 N–H and O–H groups in total. The number of halogens is 2. The van der Waals surface area contributed by atoms with Crippen molar-refractivity contribution in [1.29, 1.82) is 0 Å². The molecule has 2 rings (SSSR count). The number of Topliss-reactive ketones (excluding diaryl/α,β-unsaturated/α-hetero) is 1. The topological polar surface area (TPSA) is 29.1 Å². The van der Waals surface area contributed by atoms with Crippen LogP contribution in [0, 0.1) is 18.6 Å². The van der Waals surface area contributed by atoms with E-state index in [9.17, 15) is 13.6 Å². The van der Waals surface area contributed by atoms with Crippen molar-refractivity contribution in [3.8, 4) is 0 Å². The van der Waals surface area contributed by atoms with Gasteiger partial charge in [0.2, 0.25) is 0 Å². The second-order valence-corrected chi connectivity index (χ2v) is 5.24. The molecule has 0 saturated carbocycles. The molecule has 19 heavy (non-hydrogen) atoms. The maximum atomic E-state index is 14.1. The van der Waals surface area contributed by atoms with Crippen molar-refractivity contribution in [2.24, 2.45) is 0 Å². The lowest BCUT2D eigenvalue weighted by atomic mass is 9.83. The van der Waals surface area contributed by atoms with Crippen LogP contribution in [0.25, 0.3) is 0 Å². The third kappa shape index (κ3) is 2.41. The quantitative estimate of drug-likeness (QED) is 0.847. The molecule has 0 aliphatic carbocycles. The zero-order valence-corrected chi connectivity index (χ0v) is 11.4. The van der Waals surface area contributed by atoms with E-state index in [1.165, 1.54) is 12.1 Å². The summed E-state index contributed by atoms with van der Waals surface area (Å²) < 4.78 is 27.9. The van der Waals surface area contributed by atoms with Gasteiger partial charge in [0.15, 0.2) is 5.78 Å². The van der Waals surface area contributed by atoms with Gasteiger partial charge in [-0.1, -0.05) is 19.4 Å². The molecule has 1 aromatic carbocycles. The summed E-state index contributed by atoms with van der Waals surface area (Å²) in [6, 6.07) is 2.52. The molecule has 1 fully saturated rings. The first-order valence-corrected chi connectivity index (χ1v) is 6.76. The number of carbonyl (C=O) groups is 1. The van der Waals surface area contributed by atoms with Gasteiger partial charge in [0.25, 0.3) is 0 Å². The molecule has 1 saturated heterocycles. The van der Waals surface area contributed by atoms with Crippen LogP contribution in [0.3, 0.4) is 0 Å². The molecule has 0 spiro atoms. The van der Waals surface area contributed by atoms with Crippen molar-refractivity contribution < 1.29 is 13.6 Å². The minimum atomic E-state index is -0.787. The van der Waals surface area contributed by atoms with Crippen molar-refractivity contribution in [1.82, 2.24) is 5.32 Å². The van der Waals surface area contributed by atoms with Crippen molar-refractivity contribution >= 4 is 5.78 Å². The van der Waals surface area contributed by atoms with E-state index in [1.807, 2.05) is 6.92 Å². The van der Waals surface area contributed by atoms with Crippen LogP contribution in [0.5, 0.6) is 0 Å². The molecule has 0 radical (unpaired) electrons. The molecule has 0 bridgehead atoms. The normalized spacial score (nSPS) is 22.7. The first kappa shape index (κ1) is 14.1. The Morgan fingerprint density at radius 1 is 1.42 bits per heavy atom. The molecule has 1 unspecified atom stereocenters. The van der Waals surface area contributed by atoms with E-state index in [2.05, 4.69) is 5.32 Å². The molecule has 0 amide bonds. The number of rotatable bonds is 4. The van der Waals surface area contributed by atoms with Crippen molar-refractivity contribution in [2.45, 2.75) is 45.1 Å². The maximum Gasteiger partial charge on any atom is 0.188 e. The Bertz CT molecular complexity index is 493. The van der Waals surface area contributed by atoms with Gasteiger partial charge in [-0.3, -0.25) is 4.79 Å². The van der Waals surface area contributed by atoms with Crippen LogP contribution in [0.2, 0.25) is 0 Å². The van der Waals surface area contributed by atoms with Crippen LogP contribution in [-0.2, 0) is 0 Å². The summed E-state index contributed by atoms with van der Waals surface area (Å²) in [6.45, 7) is 4.24. The van der Waals surface area contributed by atoms with E-state index in [1.54, 1.807) is 6.92 Å². The molecule has 2 nitrogen and oxygen atoms in total. The van der Waals surface area contributed by atoms with E-state index >= 15 is 0 Å². The van der Waals surface area contributed by atoms with Gasteiger partial charge in [0.05, 0.1) is 11.1 Å². The highest BCUT2D eigenvalue weighted by Crippen LogP contribution is 2.31. The standard InChI is InChI=1S/C15H19F2NO/c1-3-7-15(8-4-9-18-15)14(19)12-11(16)6-5-10(2)13(12)17/h5-6,18H,3-4,7-9H2,1-2H3. The van der Waals surface area contributed by atoms with Crippen LogP contribution >= 0.6 is 0 Å². The van der Waals surface area contributed by atoms with Crippen LogP contribution < -0.4 is 5.32 Å². The number of benzene rings is 1. The molecule has 0 aromatic heterocycles. The van der Waals surface area contributed by atoms with Crippen molar-refractivity contribution in [3.05, 3.63) is 34.9 Å². The lowest BCUT2D eigenvalue weighted by molar-refractivity contribution is 0.0848. The molecule has 1 aliphatic heterocycles. The molecule has 1 aromatic rings. The highest BCUT2D eigenvalue weighted by atomic mass is 19.1. The highest BCUT2D eigenvalue weighted by molar-refractivity contribution is 6.04. The summed E-state index contributed by atoms with van der Waals surface area (Å²) in [6.07, 6.45) is 2.92. The van der Waals surface area contributed by atoms with Gasteiger partial charge in [-0.25, -0.2) is 8.78 Å². The first-order valence-electron chi connectivity index (χ1n) is 6.76. The fourth-order valence-corrected chi connectivity index (χ4v) is 2.86. The van der Waals surface area contributed by atoms with E-state index in [4.69, 9.17) is 0 Å². The van der Waals surface area contributed by atoms with E-state index in [-0.39, 0.29) is 5.56 Å². The molecule has 4 heteroatoms. The molecular formula is C15H19F2NO. The Morgan fingerprint density at radius 3 is 2.74 bits per heavy atom. The van der Waals surface area contributed by atoms with Gasteiger partial charge < -0.3 is 5.32 Å². The number of nitrogens with one attached hydrogen (secondary N) is 1. The first-order chi connectivity index (χ1) is 9.02. The smallest absolute Gasteiger partial charge is 0.188 e. The number of hydrogen-bond donors (Lipinski definition) is 1. The highest BCUT2D eigenvalue weighted by Gasteiger charge is 2.42. The third-order valence-corrected chi connectivity index (χ3v) is 3.87.